The van der Waals surface area contributed by atoms with Crippen molar-refractivity contribution < 1.29 is 17.9 Å². The minimum Gasteiger partial charge on any atom is -0.352 e. The van der Waals surface area contributed by atoms with Gasteiger partial charge in [-0.05, 0) is 13.8 Å². The molecule has 5 nitrogen and oxygen atoms in total. The van der Waals surface area contributed by atoms with E-state index in [1.807, 2.05) is 13.8 Å². The molecular weight excluding hydrogens is 230 g/mol. The lowest BCUT2D eigenvalue weighted by atomic mass is 10.4. The Morgan fingerprint density at radius 1 is 1.12 bits per heavy atom. The Bertz CT molecular complexity index is 271. The zero-order valence-corrected chi connectivity index (χ0v) is 10.8. The number of nitrogens with zero attached hydrogens (tertiary/aromatic N) is 1. The molecule has 1 aliphatic rings. The van der Waals surface area contributed by atoms with Crippen molar-refractivity contribution >= 4 is 9.84 Å². The molecule has 6 heteroatoms. The van der Waals surface area contributed by atoms with E-state index in [4.69, 9.17) is 9.47 Å². The van der Waals surface area contributed by atoms with Crippen molar-refractivity contribution in [1.82, 2.24) is 4.90 Å². The fourth-order valence-electron chi connectivity index (χ4n) is 1.67. The summed E-state index contributed by atoms with van der Waals surface area (Å²) in [6.07, 6.45) is -0.240. The van der Waals surface area contributed by atoms with Crippen LogP contribution in [0.25, 0.3) is 0 Å². The summed E-state index contributed by atoms with van der Waals surface area (Å²) in [4.78, 5) is 2.08. The maximum absolute atomic E-state index is 11.2. The van der Waals surface area contributed by atoms with Crippen molar-refractivity contribution in [3.8, 4) is 0 Å². The molecule has 1 fully saturated rings. The average Bonchev–Trinajstić information content (AvgIpc) is 2.22. The zero-order chi connectivity index (χ0) is 12.0. The Labute approximate surface area is 97.6 Å². The lowest BCUT2D eigenvalue weighted by Crippen LogP contribution is -2.44. The Hall–Kier alpha value is -0.170. The van der Waals surface area contributed by atoms with Crippen LogP contribution in [0.2, 0.25) is 0 Å². The first-order valence-electron chi connectivity index (χ1n) is 5.73. The van der Waals surface area contributed by atoms with Crippen LogP contribution in [0, 0.1) is 0 Å². The number of hydrogen-bond donors (Lipinski definition) is 0. The number of rotatable bonds is 6. The molecule has 0 aromatic rings. The van der Waals surface area contributed by atoms with Crippen LogP contribution in [0.4, 0.5) is 0 Å². The number of hydrogen-bond acceptors (Lipinski definition) is 5. The molecular formula is C10H21NO4S. The molecule has 1 saturated heterocycles. The van der Waals surface area contributed by atoms with Crippen molar-refractivity contribution in [2.45, 2.75) is 20.1 Å². The summed E-state index contributed by atoms with van der Waals surface area (Å²) in [5, 5.41) is 0. The quantitative estimate of drug-likeness (QED) is 0.627. The van der Waals surface area contributed by atoms with Gasteiger partial charge < -0.3 is 9.47 Å². The van der Waals surface area contributed by atoms with E-state index in [2.05, 4.69) is 4.90 Å². The highest BCUT2D eigenvalue weighted by Gasteiger charge is 2.23. The summed E-state index contributed by atoms with van der Waals surface area (Å²) < 4.78 is 33.3. The van der Waals surface area contributed by atoms with E-state index in [0.717, 1.165) is 0 Å². The van der Waals surface area contributed by atoms with Gasteiger partial charge in [-0.3, -0.25) is 4.90 Å². The normalized spacial score (nSPS) is 21.4. The molecule has 96 valence electrons. The van der Waals surface area contributed by atoms with E-state index in [1.54, 1.807) is 0 Å². The molecule has 0 unspecified atom stereocenters. The fraction of sp³-hybridized carbons (Fsp3) is 1.00. The van der Waals surface area contributed by atoms with Crippen molar-refractivity contribution in [3.63, 3.8) is 0 Å². The van der Waals surface area contributed by atoms with Crippen LogP contribution in [0.5, 0.6) is 0 Å². The highest BCUT2D eigenvalue weighted by Crippen LogP contribution is 2.06. The topological polar surface area (TPSA) is 55.8 Å². The zero-order valence-electron chi connectivity index (χ0n) is 10.0. The second-order valence-corrected chi connectivity index (χ2v) is 6.10. The van der Waals surface area contributed by atoms with Crippen LogP contribution in [-0.2, 0) is 19.3 Å². The molecule has 0 aromatic heterocycles. The van der Waals surface area contributed by atoms with Crippen molar-refractivity contribution in [1.29, 1.82) is 0 Å². The Morgan fingerprint density at radius 3 is 2.06 bits per heavy atom. The molecule has 0 amide bonds. The van der Waals surface area contributed by atoms with Crippen LogP contribution in [-0.4, -0.2) is 64.0 Å². The Kier molecular flexibility index (Phi) is 5.68. The van der Waals surface area contributed by atoms with Gasteiger partial charge in [0.15, 0.2) is 16.1 Å². The van der Waals surface area contributed by atoms with Gasteiger partial charge in [0.1, 0.15) is 0 Å². The van der Waals surface area contributed by atoms with Gasteiger partial charge in [0.2, 0.25) is 0 Å². The smallest absolute Gasteiger partial charge is 0.170 e. The third-order valence-electron chi connectivity index (χ3n) is 2.55. The van der Waals surface area contributed by atoms with E-state index in [0.29, 0.717) is 32.8 Å². The minimum absolute atomic E-state index is 0.240. The predicted molar refractivity (Wildman–Crippen MR) is 62.1 cm³/mol. The first-order chi connectivity index (χ1) is 7.57. The predicted octanol–water partition coefficient (Wildman–Crippen LogP) is 0.116. The minimum atomic E-state index is -2.80. The lowest BCUT2D eigenvalue weighted by molar-refractivity contribution is -0.146. The first kappa shape index (κ1) is 13.9. The van der Waals surface area contributed by atoms with Gasteiger partial charge >= 0.3 is 0 Å². The highest BCUT2D eigenvalue weighted by molar-refractivity contribution is 7.91. The molecule has 1 heterocycles. The summed E-state index contributed by atoms with van der Waals surface area (Å²) in [6.45, 7) is 6.88. The van der Waals surface area contributed by atoms with Gasteiger partial charge in [-0.15, -0.1) is 0 Å². The Morgan fingerprint density at radius 2 is 1.62 bits per heavy atom. The molecule has 0 aromatic carbocycles. The molecule has 0 bridgehead atoms. The second kappa shape index (κ2) is 6.54. The highest BCUT2D eigenvalue weighted by atomic mass is 32.2. The maximum Gasteiger partial charge on any atom is 0.170 e. The Balaban J connectivity index is 2.35. The average molecular weight is 251 g/mol. The molecule has 0 aliphatic carbocycles. The summed E-state index contributed by atoms with van der Waals surface area (Å²) in [5.41, 5.74) is 0. The molecule has 0 N–H and O–H groups in total. The van der Waals surface area contributed by atoms with E-state index in [-0.39, 0.29) is 17.8 Å². The van der Waals surface area contributed by atoms with Gasteiger partial charge in [-0.1, -0.05) is 0 Å². The summed E-state index contributed by atoms with van der Waals surface area (Å²) in [6, 6.07) is 0. The van der Waals surface area contributed by atoms with Crippen LogP contribution < -0.4 is 0 Å². The molecule has 0 atom stereocenters. The first-order valence-corrected chi connectivity index (χ1v) is 7.55. The molecule has 0 spiro atoms. The van der Waals surface area contributed by atoms with Crippen molar-refractivity contribution in [2.24, 2.45) is 0 Å². The van der Waals surface area contributed by atoms with E-state index < -0.39 is 9.84 Å². The summed E-state index contributed by atoms with van der Waals surface area (Å²) in [5.74, 6) is 0.496. The standard InChI is InChI=1S/C10H21NO4S/c1-3-14-10(15-4-2)9-11-5-7-16(12,13)8-6-11/h10H,3-9H2,1-2H3. The van der Waals surface area contributed by atoms with Crippen LogP contribution in [0.15, 0.2) is 0 Å². The fourth-order valence-corrected chi connectivity index (χ4v) is 2.95. The molecule has 16 heavy (non-hydrogen) atoms. The van der Waals surface area contributed by atoms with Gasteiger partial charge in [-0.2, -0.15) is 0 Å². The van der Waals surface area contributed by atoms with E-state index >= 15 is 0 Å². The SMILES string of the molecule is CCOC(CN1CCS(=O)(=O)CC1)OCC. The monoisotopic (exact) mass is 251 g/mol. The van der Waals surface area contributed by atoms with Crippen molar-refractivity contribution in [2.75, 3.05) is 44.4 Å². The molecule has 1 rings (SSSR count). The van der Waals surface area contributed by atoms with Crippen molar-refractivity contribution in [3.05, 3.63) is 0 Å². The van der Waals surface area contributed by atoms with E-state index in [1.165, 1.54) is 0 Å². The van der Waals surface area contributed by atoms with E-state index in [9.17, 15) is 8.42 Å². The van der Waals surface area contributed by atoms with Gasteiger partial charge in [0, 0.05) is 32.8 Å². The molecule has 1 aliphatic heterocycles. The van der Waals surface area contributed by atoms with Crippen LogP contribution in [0.1, 0.15) is 13.8 Å². The second-order valence-electron chi connectivity index (χ2n) is 3.79. The maximum atomic E-state index is 11.2. The largest absolute Gasteiger partial charge is 0.352 e. The van der Waals surface area contributed by atoms with Gasteiger partial charge in [0.05, 0.1) is 11.5 Å². The van der Waals surface area contributed by atoms with Gasteiger partial charge in [0.25, 0.3) is 0 Å². The third-order valence-corrected chi connectivity index (χ3v) is 4.16. The summed E-state index contributed by atoms with van der Waals surface area (Å²) >= 11 is 0. The third kappa shape index (κ3) is 4.78. The van der Waals surface area contributed by atoms with Gasteiger partial charge in [-0.25, -0.2) is 8.42 Å². The number of ether oxygens (including phenoxy) is 2. The molecule has 0 radical (unpaired) electrons. The van der Waals surface area contributed by atoms with Crippen LogP contribution in [0.3, 0.4) is 0 Å². The van der Waals surface area contributed by atoms with Crippen LogP contribution >= 0.6 is 0 Å². The number of sulfone groups is 1. The summed E-state index contributed by atoms with van der Waals surface area (Å²) in [7, 11) is -2.80. The molecule has 0 saturated carbocycles. The lowest BCUT2D eigenvalue weighted by Gasteiger charge is -2.29.